The minimum atomic E-state index is -0.992. The predicted octanol–water partition coefficient (Wildman–Crippen LogP) is 1.30. The van der Waals surface area contributed by atoms with Crippen LogP contribution in [0, 0.1) is 15.5 Å². The summed E-state index contributed by atoms with van der Waals surface area (Å²) >= 11 is 0. The first-order chi connectivity index (χ1) is 9.34. The van der Waals surface area contributed by atoms with E-state index in [-0.39, 0.29) is 11.5 Å². The molecule has 0 bridgehead atoms. The summed E-state index contributed by atoms with van der Waals surface area (Å²) in [5, 5.41) is 22.4. The van der Waals surface area contributed by atoms with Crippen LogP contribution in [0.4, 0.5) is 5.82 Å². The molecule has 8 heteroatoms. The summed E-state index contributed by atoms with van der Waals surface area (Å²) in [5.41, 5.74) is -0.940. The first-order valence-corrected chi connectivity index (χ1v) is 6.22. The second-order valence-corrected chi connectivity index (χ2v) is 5.16. The molecule has 108 valence electrons. The molecule has 1 amide bonds. The molecule has 0 aromatic carbocycles. The Hall–Kier alpha value is -2.38. The van der Waals surface area contributed by atoms with E-state index in [1.54, 1.807) is 6.92 Å². The Morgan fingerprint density at radius 1 is 1.55 bits per heavy atom. The molecule has 1 heterocycles. The molecule has 0 spiro atoms. The van der Waals surface area contributed by atoms with Crippen LogP contribution in [0.25, 0.3) is 0 Å². The highest BCUT2D eigenvalue weighted by Crippen LogP contribution is 2.38. The van der Waals surface area contributed by atoms with Gasteiger partial charge in [0.05, 0.1) is 5.41 Å². The van der Waals surface area contributed by atoms with Crippen LogP contribution in [-0.4, -0.2) is 32.9 Å². The first kappa shape index (κ1) is 14.0. The van der Waals surface area contributed by atoms with Crippen molar-refractivity contribution in [3.63, 3.8) is 0 Å². The van der Waals surface area contributed by atoms with Gasteiger partial charge >= 0.3 is 11.8 Å². The van der Waals surface area contributed by atoms with Crippen molar-refractivity contribution in [2.75, 3.05) is 0 Å². The van der Waals surface area contributed by atoms with Crippen LogP contribution >= 0.6 is 0 Å². The minimum absolute atomic E-state index is 0.0522. The Morgan fingerprint density at radius 2 is 2.25 bits per heavy atom. The smallest absolute Gasteiger partial charge is 0.321 e. The van der Waals surface area contributed by atoms with Crippen molar-refractivity contribution in [1.29, 1.82) is 0 Å². The van der Waals surface area contributed by atoms with Gasteiger partial charge in [-0.25, -0.2) is 4.98 Å². The summed E-state index contributed by atoms with van der Waals surface area (Å²) in [4.78, 5) is 35.6. The third-order valence-electron chi connectivity index (χ3n) is 3.86. The number of aromatic amines is 1. The van der Waals surface area contributed by atoms with E-state index in [1.807, 2.05) is 0 Å². The number of hydrogen-bond acceptors (Lipinski definition) is 4. The number of nitrogens with one attached hydrogen (secondary N) is 2. The molecule has 3 N–H and O–H groups in total. The van der Waals surface area contributed by atoms with Gasteiger partial charge < -0.3 is 20.5 Å². The summed E-state index contributed by atoms with van der Waals surface area (Å²) in [6.45, 7) is 1.60. The van der Waals surface area contributed by atoms with E-state index in [1.165, 1.54) is 12.1 Å². The van der Waals surface area contributed by atoms with Gasteiger partial charge in [0.15, 0.2) is 5.69 Å². The number of aromatic nitrogens is 1. The lowest BCUT2D eigenvalue weighted by atomic mass is 9.85. The number of H-pyrrole nitrogens is 1. The van der Waals surface area contributed by atoms with E-state index in [9.17, 15) is 24.8 Å². The molecule has 20 heavy (non-hydrogen) atoms. The number of carboxylic acid groups (broad SMARTS) is 1. The summed E-state index contributed by atoms with van der Waals surface area (Å²) < 4.78 is 0. The maximum Gasteiger partial charge on any atom is 0.321 e. The SMILES string of the molecule is CC1(C(=O)O)CCCC1NC(=O)c1ccc([N+](=O)[O-])[nH]1. The minimum Gasteiger partial charge on any atom is -0.481 e. The van der Waals surface area contributed by atoms with Crippen molar-refractivity contribution in [1.82, 2.24) is 10.3 Å². The lowest BCUT2D eigenvalue weighted by Crippen LogP contribution is -2.47. The molecule has 1 aliphatic rings. The maximum absolute atomic E-state index is 12.0. The Bertz CT molecular complexity index is 567. The second kappa shape index (κ2) is 4.95. The fraction of sp³-hybridized carbons (Fsp3) is 0.500. The average Bonchev–Trinajstić information content (AvgIpc) is 2.98. The first-order valence-electron chi connectivity index (χ1n) is 6.22. The Labute approximate surface area is 114 Å². The topological polar surface area (TPSA) is 125 Å². The monoisotopic (exact) mass is 281 g/mol. The van der Waals surface area contributed by atoms with E-state index < -0.39 is 28.3 Å². The molecule has 1 saturated carbocycles. The quantitative estimate of drug-likeness (QED) is 0.566. The number of carbonyl (C=O) groups excluding carboxylic acids is 1. The van der Waals surface area contributed by atoms with Gasteiger partial charge in [-0.3, -0.25) is 9.59 Å². The molecule has 1 aromatic rings. The van der Waals surface area contributed by atoms with Gasteiger partial charge in [0, 0.05) is 12.1 Å². The van der Waals surface area contributed by atoms with Crippen molar-refractivity contribution in [3.8, 4) is 0 Å². The standard InChI is InChI=1S/C12H15N3O5/c1-12(11(17)18)6-2-3-8(12)14-10(16)7-4-5-9(13-7)15(19)20/h4-5,8,13H,2-3,6H2,1H3,(H,14,16)(H,17,18). The lowest BCUT2D eigenvalue weighted by molar-refractivity contribution is -0.389. The van der Waals surface area contributed by atoms with E-state index in [2.05, 4.69) is 10.3 Å². The zero-order valence-electron chi connectivity index (χ0n) is 10.9. The summed E-state index contributed by atoms with van der Waals surface area (Å²) in [5.74, 6) is -1.75. The maximum atomic E-state index is 12.0. The molecule has 8 nitrogen and oxygen atoms in total. The van der Waals surface area contributed by atoms with Crippen LogP contribution in [0.3, 0.4) is 0 Å². The molecule has 1 fully saturated rings. The summed E-state index contributed by atoms with van der Waals surface area (Å²) in [6, 6.07) is 2.02. The van der Waals surface area contributed by atoms with Crippen LogP contribution in [0.5, 0.6) is 0 Å². The van der Waals surface area contributed by atoms with E-state index in [4.69, 9.17) is 0 Å². The van der Waals surface area contributed by atoms with E-state index in [0.29, 0.717) is 12.8 Å². The number of rotatable bonds is 4. The molecule has 1 aromatic heterocycles. The number of amides is 1. The normalized spacial score (nSPS) is 25.4. The molecule has 0 radical (unpaired) electrons. The lowest BCUT2D eigenvalue weighted by Gasteiger charge is -2.27. The second-order valence-electron chi connectivity index (χ2n) is 5.16. The number of aliphatic carboxylic acids is 1. The fourth-order valence-corrected chi connectivity index (χ4v) is 2.51. The van der Waals surface area contributed by atoms with Crippen molar-refractivity contribution >= 4 is 17.7 Å². The van der Waals surface area contributed by atoms with Gasteiger partial charge in [0.2, 0.25) is 0 Å². The van der Waals surface area contributed by atoms with E-state index in [0.717, 1.165) is 6.42 Å². The third-order valence-corrected chi connectivity index (χ3v) is 3.86. The van der Waals surface area contributed by atoms with Gasteiger partial charge in [-0.1, -0.05) is 6.42 Å². The molecule has 0 aliphatic heterocycles. The van der Waals surface area contributed by atoms with Gasteiger partial charge in [0.1, 0.15) is 0 Å². The molecular formula is C12H15N3O5. The third kappa shape index (κ3) is 2.36. The van der Waals surface area contributed by atoms with Crippen LogP contribution in [0.1, 0.15) is 36.7 Å². The predicted molar refractivity (Wildman–Crippen MR) is 68.3 cm³/mol. The number of hydrogen-bond donors (Lipinski definition) is 3. The van der Waals surface area contributed by atoms with Crippen LogP contribution < -0.4 is 5.32 Å². The number of carboxylic acids is 1. The Kier molecular flexibility index (Phi) is 3.47. The molecule has 2 unspecified atom stereocenters. The highest BCUT2D eigenvalue weighted by atomic mass is 16.6. The zero-order chi connectivity index (χ0) is 14.9. The van der Waals surface area contributed by atoms with Crippen molar-refractivity contribution < 1.29 is 19.6 Å². The van der Waals surface area contributed by atoms with E-state index >= 15 is 0 Å². The van der Waals surface area contributed by atoms with Crippen molar-refractivity contribution in [2.24, 2.45) is 5.41 Å². The number of carbonyl (C=O) groups is 2. The molecule has 2 atom stereocenters. The Morgan fingerprint density at radius 3 is 2.80 bits per heavy atom. The van der Waals surface area contributed by atoms with Gasteiger partial charge in [-0.05, 0) is 30.8 Å². The van der Waals surface area contributed by atoms with Gasteiger partial charge in [-0.15, -0.1) is 0 Å². The highest BCUT2D eigenvalue weighted by Gasteiger charge is 2.46. The summed E-state index contributed by atoms with van der Waals surface area (Å²) in [7, 11) is 0. The number of nitrogens with zero attached hydrogens (tertiary/aromatic N) is 1. The molecule has 0 saturated heterocycles. The average molecular weight is 281 g/mol. The molecule has 1 aliphatic carbocycles. The highest BCUT2D eigenvalue weighted by molar-refractivity contribution is 5.93. The number of nitro groups is 1. The fourth-order valence-electron chi connectivity index (χ4n) is 2.51. The Balaban J connectivity index is 2.11. The van der Waals surface area contributed by atoms with Gasteiger partial charge in [0.25, 0.3) is 5.91 Å². The van der Waals surface area contributed by atoms with Crippen LogP contribution in [0.15, 0.2) is 12.1 Å². The van der Waals surface area contributed by atoms with Crippen molar-refractivity contribution in [2.45, 2.75) is 32.2 Å². The molecular weight excluding hydrogens is 266 g/mol. The van der Waals surface area contributed by atoms with Crippen LogP contribution in [-0.2, 0) is 4.79 Å². The van der Waals surface area contributed by atoms with Crippen LogP contribution in [0.2, 0.25) is 0 Å². The van der Waals surface area contributed by atoms with Crippen molar-refractivity contribution in [3.05, 3.63) is 27.9 Å². The van der Waals surface area contributed by atoms with Gasteiger partial charge in [-0.2, -0.15) is 0 Å². The summed E-state index contributed by atoms with van der Waals surface area (Å²) in [6.07, 6.45) is 1.80. The largest absolute Gasteiger partial charge is 0.481 e. The molecule has 2 rings (SSSR count). The zero-order valence-corrected chi connectivity index (χ0v) is 10.9.